The van der Waals surface area contributed by atoms with Crippen molar-refractivity contribution in [2.75, 3.05) is 39.6 Å². The molecule has 0 heterocycles. The Balaban J connectivity index is 5.46. The molecule has 5 unspecified atom stereocenters. The Morgan fingerprint density at radius 3 is 0.843 bits per heavy atom. The number of ether oxygens (including phenoxy) is 4. The minimum Gasteiger partial charge on any atom is -0.462 e. The highest BCUT2D eigenvalue weighted by Crippen LogP contribution is 2.45. The van der Waals surface area contributed by atoms with Crippen LogP contribution in [0.3, 0.4) is 0 Å². The van der Waals surface area contributed by atoms with Crippen molar-refractivity contribution in [3.05, 3.63) is 170 Å². The second kappa shape index (κ2) is 73.7. The van der Waals surface area contributed by atoms with E-state index in [4.69, 9.17) is 37.0 Å². The summed E-state index contributed by atoms with van der Waals surface area (Å²) in [6.07, 6.45) is 86.5. The third kappa shape index (κ3) is 72.8. The van der Waals surface area contributed by atoms with Crippen LogP contribution in [0.25, 0.3) is 0 Å². The van der Waals surface area contributed by atoms with Crippen LogP contribution in [0, 0.1) is 0 Å². The van der Waals surface area contributed by atoms with E-state index in [1.807, 2.05) is 24.3 Å². The lowest BCUT2D eigenvalue weighted by Crippen LogP contribution is -2.30. The number of phosphoric acid groups is 2. The predicted molar refractivity (Wildman–Crippen MR) is 417 cm³/mol. The van der Waals surface area contributed by atoms with Gasteiger partial charge in [-0.3, -0.25) is 37.3 Å². The molecule has 17 nitrogen and oxygen atoms in total. The van der Waals surface area contributed by atoms with E-state index < -0.39 is 97.5 Å². The summed E-state index contributed by atoms with van der Waals surface area (Å²) >= 11 is 0. The standard InChI is InChI=1S/C83H134O17P2/c1-5-9-13-17-21-25-29-32-35-38-41-44-48-51-55-59-63-67-80(85)93-73-78(99-82(87)69-65-61-57-53-47-28-24-20-16-12-8-4)75-97-101(89,90)95-71-77(84)72-96-102(91,92)98-76-79(100-83(88)70-66-62-58-54-50-46-43-40-37-34-31-27-23-19-15-11-7-3)74-94-81(86)68-64-60-56-52-49-45-42-39-36-33-30-26-22-18-14-10-6-2/h9-11,13-15,20-27,32-37,42-43,45-46,52,54,56,58,77-79,84H,5-8,12,16-19,28-31,38-41,44,47-51,53,55,57,59-76H2,1-4H3,(H,89,90)(H,91,92)/b13-9-,14-10-,15-11-,24-20-,25-21-,26-22-,27-23-,35-32-,36-33-,37-34-,45-42-,46-43-,56-52-,58-54-. The van der Waals surface area contributed by atoms with Crippen molar-refractivity contribution < 1.29 is 80.2 Å². The van der Waals surface area contributed by atoms with Crippen LogP contribution in [0.5, 0.6) is 0 Å². The van der Waals surface area contributed by atoms with Crippen LogP contribution in [0.15, 0.2) is 170 Å². The molecule has 0 saturated carbocycles. The van der Waals surface area contributed by atoms with Gasteiger partial charge >= 0.3 is 39.5 Å². The molecule has 0 aliphatic rings. The van der Waals surface area contributed by atoms with Crippen molar-refractivity contribution >= 4 is 39.5 Å². The number of aliphatic hydroxyl groups excluding tert-OH is 1. The number of hydrogen-bond donors (Lipinski definition) is 3. The van der Waals surface area contributed by atoms with E-state index in [-0.39, 0.29) is 25.7 Å². The van der Waals surface area contributed by atoms with Gasteiger partial charge in [-0.05, 0) is 154 Å². The van der Waals surface area contributed by atoms with Gasteiger partial charge in [-0.15, -0.1) is 0 Å². The number of unbranched alkanes of at least 4 members (excludes halogenated alkanes) is 16. The molecular formula is C83H134O17P2. The lowest BCUT2D eigenvalue weighted by Gasteiger charge is -2.21. The number of carbonyl (C=O) groups excluding carboxylic acids is 4. The highest BCUT2D eigenvalue weighted by molar-refractivity contribution is 7.47. The number of phosphoric ester groups is 2. The monoisotopic (exact) mass is 1460 g/mol. The molecule has 0 spiro atoms. The maximum absolute atomic E-state index is 13.1. The Bertz CT molecular complexity index is 2600. The maximum atomic E-state index is 13.1. The number of aliphatic hydroxyl groups is 1. The Morgan fingerprint density at radius 2 is 0.520 bits per heavy atom. The van der Waals surface area contributed by atoms with Crippen molar-refractivity contribution in [2.24, 2.45) is 0 Å². The summed E-state index contributed by atoms with van der Waals surface area (Å²) in [7, 11) is -10.0. The van der Waals surface area contributed by atoms with E-state index in [0.29, 0.717) is 38.5 Å². The lowest BCUT2D eigenvalue weighted by molar-refractivity contribution is -0.161. The molecule has 0 aliphatic carbocycles. The van der Waals surface area contributed by atoms with E-state index in [1.54, 1.807) is 0 Å². The summed E-state index contributed by atoms with van der Waals surface area (Å²) in [6, 6.07) is 0. The number of esters is 4. The van der Waals surface area contributed by atoms with Gasteiger partial charge in [-0.1, -0.05) is 262 Å². The molecule has 0 bridgehead atoms. The summed E-state index contributed by atoms with van der Waals surface area (Å²) < 4.78 is 68.3. The van der Waals surface area contributed by atoms with E-state index in [0.717, 1.165) is 167 Å². The Kier molecular flexibility index (Phi) is 69.7. The Morgan fingerprint density at radius 1 is 0.284 bits per heavy atom. The molecule has 0 aromatic rings. The quantitative estimate of drug-likeness (QED) is 0.0169. The van der Waals surface area contributed by atoms with Crippen LogP contribution in [-0.4, -0.2) is 96.7 Å². The highest BCUT2D eigenvalue weighted by Gasteiger charge is 2.30. The van der Waals surface area contributed by atoms with Crippen LogP contribution < -0.4 is 0 Å². The molecule has 0 aromatic carbocycles. The molecule has 0 fully saturated rings. The molecule has 0 aromatic heterocycles. The first-order valence-corrected chi connectivity index (χ1v) is 41.4. The molecule has 102 heavy (non-hydrogen) atoms. The first-order chi connectivity index (χ1) is 49.7. The molecule has 578 valence electrons. The number of rotatable bonds is 70. The van der Waals surface area contributed by atoms with Gasteiger partial charge in [0.1, 0.15) is 19.3 Å². The zero-order valence-electron chi connectivity index (χ0n) is 63.0. The van der Waals surface area contributed by atoms with Gasteiger partial charge in [0.25, 0.3) is 0 Å². The molecule has 5 atom stereocenters. The Labute approximate surface area is 616 Å². The van der Waals surface area contributed by atoms with Crippen LogP contribution in [-0.2, 0) is 65.4 Å². The van der Waals surface area contributed by atoms with Gasteiger partial charge in [-0.2, -0.15) is 0 Å². The zero-order valence-corrected chi connectivity index (χ0v) is 64.8. The van der Waals surface area contributed by atoms with Crippen molar-refractivity contribution in [1.29, 1.82) is 0 Å². The number of carbonyl (C=O) groups is 4. The molecule has 0 saturated heterocycles. The average Bonchev–Trinajstić information content (AvgIpc) is 0.994. The predicted octanol–water partition coefficient (Wildman–Crippen LogP) is 22.2. The first-order valence-electron chi connectivity index (χ1n) is 38.4. The van der Waals surface area contributed by atoms with Gasteiger partial charge in [0, 0.05) is 25.7 Å². The van der Waals surface area contributed by atoms with Crippen LogP contribution in [0.4, 0.5) is 0 Å². The second-order valence-corrected chi connectivity index (χ2v) is 27.7. The minimum absolute atomic E-state index is 0.00204. The molecule has 0 aliphatic heterocycles. The van der Waals surface area contributed by atoms with Gasteiger partial charge in [0.05, 0.1) is 26.4 Å². The largest absolute Gasteiger partial charge is 0.472 e. The molecule has 0 rings (SSSR count). The third-order valence-electron chi connectivity index (χ3n) is 15.2. The molecule has 19 heteroatoms. The van der Waals surface area contributed by atoms with Gasteiger partial charge in [-0.25, -0.2) is 9.13 Å². The lowest BCUT2D eigenvalue weighted by atomic mass is 10.1. The van der Waals surface area contributed by atoms with Crippen LogP contribution in [0.1, 0.15) is 272 Å². The average molecular weight is 1470 g/mol. The topological polar surface area (TPSA) is 237 Å². The number of allylic oxidation sites excluding steroid dienone is 28. The van der Waals surface area contributed by atoms with Crippen molar-refractivity contribution in [3.63, 3.8) is 0 Å². The second-order valence-electron chi connectivity index (χ2n) is 24.8. The molecular weight excluding hydrogens is 1330 g/mol. The van der Waals surface area contributed by atoms with E-state index >= 15 is 0 Å². The number of hydrogen-bond acceptors (Lipinski definition) is 15. The van der Waals surface area contributed by atoms with E-state index in [2.05, 4.69) is 174 Å². The fourth-order valence-electron chi connectivity index (χ4n) is 9.40. The smallest absolute Gasteiger partial charge is 0.462 e. The summed E-state index contributed by atoms with van der Waals surface area (Å²) in [5.41, 5.74) is 0. The Hall–Kier alpha value is -5.58. The summed E-state index contributed by atoms with van der Waals surface area (Å²) in [5, 5.41) is 10.6. The van der Waals surface area contributed by atoms with Gasteiger partial charge in [0.2, 0.25) is 0 Å². The van der Waals surface area contributed by atoms with Crippen LogP contribution in [0.2, 0.25) is 0 Å². The highest BCUT2D eigenvalue weighted by atomic mass is 31.2. The van der Waals surface area contributed by atoms with Crippen molar-refractivity contribution in [1.82, 2.24) is 0 Å². The molecule has 0 radical (unpaired) electrons. The summed E-state index contributed by atoms with van der Waals surface area (Å²) in [6.45, 7) is 4.31. The van der Waals surface area contributed by atoms with Crippen molar-refractivity contribution in [3.8, 4) is 0 Å². The zero-order chi connectivity index (χ0) is 74.6. The fourth-order valence-corrected chi connectivity index (χ4v) is 11.0. The normalized spacial score (nSPS) is 14.9. The maximum Gasteiger partial charge on any atom is 0.472 e. The molecule has 3 N–H and O–H groups in total. The van der Waals surface area contributed by atoms with E-state index in [9.17, 15) is 43.2 Å². The first kappa shape index (κ1) is 96.4. The third-order valence-corrected chi connectivity index (χ3v) is 17.1. The summed E-state index contributed by atoms with van der Waals surface area (Å²) in [4.78, 5) is 72.8. The minimum atomic E-state index is -5.01. The summed E-state index contributed by atoms with van der Waals surface area (Å²) in [5.74, 6) is -2.35. The van der Waals surface area contributed by atoms with Gasteiger partial charge in [0.15, 0.2) is 12.2 Å². The fraction of sp³-hybridized carbons (Fsp3) is 0.614. The van der Waals surface area contributed by atoms with Gasteiger partial charge < -0.3 is 33.8 Å². The SMILES string of the molecule is CC/C=C\C/C=C\C/C=C\C/C=C\C/C=C\CCCC(=O)OCC(COP(=O)(O)OCC(O)COP(=O)(O)OCC(COC(=O)CCCCCCCCC/C=C\C/C=C\C/C=C\CC)OC(=O)CCCCCCC/C=C\CCCC)OC(=O)CCC/C=C\C/C=C\C/C=C\C/C=C\C/C=C\CC. The van der Waals surface area contributed by atoms with Crippen LogP contribution >= 0.6 is 15.6 Å². The molecule has 0 amide bonds. The van der Waals surface area contributed by atoms with Crippen molar-refractivity contribution in [2.45, 2.75) is 290 Å². The van der Waals surface area contributed by atoms with E-state index in [1.165, 1.54) is 12.8 Å².